The molecule has 0 bridgehead atoms. The maximum absolute atomic E-state index is 5.08. The van der Waals surface area contributed by atoms with E-state index in [1.54, 1.807) is 12.3 Å². The predicted molar refractivity (Wildman–Crippen MR) is 41.6 cm³/mol. The Labute approximate surface area is 56.5 Å². The molecule has 9 heavy (non-hydrogen) atoms. The Hall–Kier alpha value is -0.790. The lowest BCUT2D eigenvalue weighted by Crippen LogP contribution is -1.93. The lowest BCUT2D eigenvalue weighted by Gasteiger charge is -1.96. The van der Waals surface area contributed by atoms with Gasteiger partial charge in [-0.25, -0.2) is 0 Å². The molecule has 0 aliphatic heterocycles. The molecule has 0 aromatic carbocycles. The molecule has 0 aromatic heterocycles. The summed E-state index contributed by atoms with van der Waals surface area (Å²) in [5, 5.41) is 0. The second-order valence-electron chi connectivity index (χ2n) is 1.94. The van der Waals surface area contributed by atoms with Gasteiger partial charge in [0.25, 0.3) is 0 Å². The van der Waals surface area contributed by atoms with Crippen LogP contribution < -0.4 is 5.73 Å². The van der Waals surface area contributed by atoms with Crippen molar-refractivity contribution in [2.24, 2.45) is 10.7 Å². The highest BCUT2D eigenvalue weighted by atomic mass is 14.7. The Kier molecular flexibility index (Phi) is 4.88. The number of nitrogens with zero attached hydrogens (tertiary/aromatic N) is 1. The summed E-state index contributed by atoms with van der Waals surface area (Å²) in [6.45, 7) is 4.18. The van der Waals surface area contributed by atoms with Crippen LogP contribution in [-0.2, 0) is 0 Å². The van der Waals surface area contributed by atoms with E-state index in [-0.39, 0.29) is 0 Å². The molecule has 1 unspecified atom stereocenters. The quantitative estimate of drug-likeness (QED) is 0.569. The molecule has 0 spiro atoms. The van der Waals surface area contributed by atoms with E-state index in [1.165, 1.54) is 6.20 Å². The highest BCUT2D eigenvalue weighted by Gasteiger charge is 1.87. The van der Waals surface area contributed by atoms with Crippen molar-refractivity contribution in [2.75, 3.05) is 0 Å². The second-order valence-corrected chi connectivity index (χ2v) is 1.94. The highest BCUT2D eigenvalue weighted by molar-refractivity contribution is 5.70. The molecule has 0 amide bonds. The van der Waals surface area contributed by atoms with E-state index in [9.17, 15) is 0 Å². The summed E-state index contributed by atoms with van der Waals surface area (Å²) in [6.07, 6.45) is 6.01. The van der Waals surface area contributed by atoms with E-state index < -0.39 is 0 Å². The summed E-state index contributed by atoms with van der Waals surface area (Å²) in [5.41, 5.74) is 5.08. The minimum atomic E-state index is 0.418. The van der Waals surface area contributed by atoms with Crippen LogP contribution in [0.15, 0.2) is 17.3 Å². The van der Waals surface area contributed by atoms with Gasteiger partial charge < -0.3 is 5.73 Å². The molecule has 0 aliphatic carbocycles. The van der Waals surface area contributed by atoms with Gasteiger partial charge in [-0.3, -0.25) is 4.99 Å². The van der Waals surface area contributed by atoms with E-state index >= 15 is 0 Å². The summed E-state index contributed by atoms with van der Waals surface area (Å²) in [4.78, 5) is 4.14. The molecule has 1 atom stereocenters. The first-order valence-electron chi connectivity index (χ1n) is 3.21. The third kappa shape index (κ3) is 5.07. The Morgan fingerprint density at radius 1 is 1.67 bits per heavy atom. The molecular weight excluding hydrogens is 112 g/mol. The van der Waals surface area contributed by atoms with E-state index in [4.69, 9.17) is 5.73 Å². The number of nitrogens with two attached hydrogens (primary N) is 1. The largest absolute Gasteiger partial charge is 0.405 e. The van der Waals surface area contributed by atoms with Crippen LogP contribution in [0.4, 0.5) is 0 Å². The normalized spacial score (nSPS) is 15.3. The van der Waals surface area contributed by atoms with Crippen molar-refractivity contribution >= 4 is 6.21 Å². The molecule has 0 radical (unpaired) electrons. The minimum absolute atomic E-state index is 0.418. The van der Waals surface area contributed by atoms with Crippen LogP contribution in [0.1, 0.15) is 20.3 Å². The van der Waals surface area contributed by atoms with Crippen molar-refractivity contribution in [1.82, 2.24) is 0 Å². The number of rotatable bonds is 3. The maximum atomic E-state index is 5.08. The van der Waals surface area contributed by atoms with Crippen molar-refractivity contribution in [3.05, 3.63) is 12.3 Å². The zero-order chi connectivity index (χ0) is 7.11. The minimum Gasteiger partial charge on any atom is -0.405 e. The van der Waals surface area contributed by atoms with Gasteiger partial charge in [-0.05, 0) is 25.6 Å². The van der Waals surface area contributed by atoms with Crippen molar-refractivity contribution in [1.29, 1.82) is 0 Å². The number of allylic oxidation sites excluding steroid dienone is 1. The van der Waals surface area contributed by atoms with Gasteiger partial charge in [-0.15, -0.1) is 0 Å². The summed E-state index contributed by atoms with van der Waals surface area (Å²) >= 11 is 0. The molecule has 0 saturated heterocycles. The number of hydrogen-bond donors (Lipinski definition) is 1. The van der Waals surface area contributed by atoms with Crippen LogP contribution in [0, 0.1) is 0 Å². The van der Waals surface area contributed by atoms with Crippen molar-refractivity contribution in [2.45, 2.75) is 26.3 Å². The third-order valence-electron chi connectivity index (χ3n) is 1.13. The molecule has 2 heteroatoms. The molecular formula is C7H14N2. The Balaban J connectivity index is 3.43. The summed E-state index contributed by atoms with van der Waals surface area (Å²) < 4.78 is 0. The highest BCUT2D eigenvalue weighted by Crippen LogP contribution is 1.92. The van der Waals surface area contributed by atoms with E-state index in [0.29, 0.717) is 6.04 Å². The average Bonchev–Trinajstić information content (AvgIpc) is 1.89. The van der Waals surface area contributed by atoms with Gasteiger partial charge in [0.05, 0.1) is 0 Å². The molecule has 0 aromatic rings. The van der Waals surface area contributed by atoms with Crippen LogP contribution in [0.5, 0.6) is 0 Å². The third-order valence-corrected chi connectivity index (χ3v) is 1.13. The molecule has 2 N–H and O–H groups in total. The lowest BCUT2D eigenvalue weighted by molar-refractivity contribution is 0.721. The summed E-state index contributed by atoms with van der Waals surface area (Å²) in [5.74, 6) is 0. The Bertz CT molecular complexity index is 105. The van der Waals surface area contributed by atoms with E-state index in [2.05, 4.69) is 18.8 Å². The van der Waals surface area contributed by atoms with Crippen LogP contribution >= 0.6 is 0 Å². The Morgan fingerprint density at radius 2 is 2.33 bits per heavy atom. The average molecular weight is 126 g/mol. The fourth-order valence-electron chi connectivity index (χ4n) is 0.352. The van der Waals surface area contributed by atoms with Crippen LogP contribution in [0.2, 0.25) is 0 Å². The summed E-state index contributed by atoms with van der Waals surface area (Å²) in [7, 11) is 0. The molecule has 52 valence electrons. The van der Waals surface area contributed by atoms with E-state index in [0.717, 1.165) is 6.42 Å². The van der Waals surface area contributed by atoms with Gasteiger partial charge in [0, 0.05) is 12.3 Å². The monoisotopic (exact) mass is 126 g/mol. The van der Waals surface area contributed by atoms with Gasteiger partial charge in [0.15, 0.2) is 0 Å². The first-order chi connectivity index (χ1) is 4.31. The first-order valence-corrected chi connectivity index (χ1v) is 3.21. The van der Waals surface area contributed by atoms with Crippen molar-refractivity contribution < 1.29 is 0 Å². The van der Waals surface area contributed by atoms with Gasteiger partial charge >= 0.3 is 0 Å². The zero-order valence-electron chi connectivity index (χ0n) is 6.04. The fraction of sp³-hybridized carbons (Fsp3) is 0.571. The standard InChI is InChI=1S/C7H14N2/c1-3-7(2)9-6-4-5-8/h4-7H,3,8H2,1-2H3/b5-4-,9-6?. The Morgan fingerprint density at radius 3 is 2.78 bits per heavy atom. The van der Waals surface area contributed by atoms with Crippen molar-refractivity contribution in [3.8, 4) is 0 Å². The van der Waals surface area contributed by atoms with Gasteiger partial charge in [0.2, 0.25) is 0 Å². The zero-order valence-corrected chi connectivity index (χ0v) is 6.04. The van der Waals surface area contributed by atoms with Crippen molar-refractivity contribution in [3.63, 3.8) is 0 Å². The SMILES string of the molecule is CCC(C)N=C/C=C\N. The predicted octanol–water partition coefficient (Wildman–Crippen LogP) is 1.33. The molecule has 0 fully saturated rings. The fourth-order valence-corrected chi connectivity index (χ4v) is 0.352. The van der Waals surface area contributed by atoms with Gasteiger partial charge in [0.1, 0.15) is 0 Å². The van der Waals surface area contributed by atoms with Crippen LogP contribution in [0.25, 0.3) is 0 Å². The van der Waals surface area contributed by atoms with E-state index in [1.807, 2.05) is 0 Å². The summed E-state index contributed by atoms with van der Waals surface area (Å²) in [6, 6.07) is 0.418. The molecule has 0 saturated carbocycles. The lowest BCUT2D eigenvalue weighted by atomic mass is 10.3. The van der Waals surface area contributed by atoms with Gasteiger partial charge in [-0.1, -0.05) is 6.92 Å². The van der Waals surface area contributed by atoms with Crippen LogP contribution in [-0.4, -0.2) is 12.3 Å². The maximum Gasteiger partial charge on any atom is 0.0468 e. The topological polar surface area (TPSA) is 38.4 Å². The van der Waals surface area contributed by atoms with Gasteiger partial charge in [-0.2, -0.15) is 0 Å². The first kappa shape index (κ1) is 8.21. The number of hydrogen-bond acceptors (Lipinski definition) is 2. The molecule has 2 nitrogen and oxygen atoms in total. The van der Waals surface area contributed by atoms with Crippen LogP contribution in [0.3, 0.4) is 0 Å². The molecule has 0 rings (SSSR count). The smallest absolute Gasteiger partial charge is 0.0468 e. The number of aliphatic imine (C=N–C) groups is 1. The molecule has 0 heterocycles. The second kappa shape index (κ2) is 5.35. The molecule has 0 aliphatic rings.